The molecule has 0 spiro atoms. The van der Waals surface area contributed by atoms with Crippen LogP contribution in [0.25, 0.3) is 0 Å². The molecule has 1 aliphatic carbocycles. The summed E-state index contributed by atoms with van der Waals surface area (Å²) in [5, 5.41) is 2.78. The highest BCUT2D eigenvalue weighted by atomic mass is 19.1. The molecule has 5 heteroatoms. The number of hydrogen-bond acceptors (Lipinski definition) is 2. The van der Waals surface area contributed by atoms with E-state index in [1.165, 1.54) is 6.07 Å². The highest BCUT2D eigenvalue weighted by Crippen LogP contribution is 2.38. The molecule has 1 saturated carbocycles. The van der Waals surface area contributed by atoms with Crippen LogP contribution in [0.2, 0.25) is 0 Å². The Morgan fingerprint density at radius 2 is 1.95 bits per heavy atom. The fourth-order valence-electron chi connectivity index (χ4n) is 2.92. The van der Waals surface area contributed by atoms with Gasteiger partial charge in [0, 0.05) is 12.1 Å². The minimum Gasteiger partial charge on any atom is -0.340 e. The number of rotatable bonds is 3. The summed E-state index contributed by atoms with van der Waals surface area (Å²) in [6.07, 6.45) is 1.89. The second kappa shape index (κ2) is 4.83. The van der Waals surface area contributed by atoms with Crippen molar-refractivity contribution in [2.75, 3.05) is 0 Å². The third kappa shape index (κ3) is 2.52. The summed E-state index contributed by atoms with van der Waals surface area (Å²) in [7, 11) is 0. The van der Waals surface area contributed by atoms with Crippen LogP contribution in [0.3, 0.4) is 0 Å². The molecule has 112 valence electrons. The van der Waals surface area contributed by atoms with E-state index < -0.39 is 11.6 Å². The van der Waals surface area contributed by atoms with Crippen LogP contribution in [0.5, 0.6) is 0 Å². The van der Waals surface area contributed by atoms with Gasteiger partial charge in [-0.1, -0.05) is 18.2 Å². The molecule has 1 N–H and O–H groups in total. The molecule has 0 aromatic heterocycles. The molecular weight excluding hydrogens is 271 g/mol. The van der Waals surface area contributed by atoms with Crippen LogP contribution < -0.4 is 5.32 Å². The second-order valence-corrected chi connectivity index (χ2v) is 6.42. The summed E-state index contributed by atoms with van der Waals surface area (Å²) in [4.78, 5) is 26.5. The Bertz CT molecular complexity index is 596. The average molecular weight is 290 g/mol. The molecule has 1 aromatic rings. The van der Waals surface area contributed by atoms with Gasteiger partial charge in [-0.2, -0.15) is 0 Å². The first-order valence-electron chi connectivity index (χ1n) is 7.26. The van der Waals surface area contributed by atoms with Gasteiger partial charge in [0.1, 0.15) is 17.4 Å². The van der Waals surface area contributed by atoms with Gasteiger partial charge in [-0.25, -0.2) is 4.39 Å². The van der Waals surface area contributed by atoms with E-state index in [4.69, 9.17) is 0 Å². The predicted octanol–water partition coefficient (Wildman–Crippen LogP) is 1.84. The number of piperazine rings is 1. The second-order valence-electron chi connectivity index (χ2n) is 6.42. The zero-order valence-corrected chi connectivity index (χ0v) is 12.2. The van der Waals surface area contributed by atoms with E-state index in [0.29, 0.717) is 5.56 Å². The topological polar surface area (TPSA) is 49.4 Å². The van der Waals surface area contributed by atoms with Crippen molar-refractivity contribution in [3.63, 3.8) is 0 Å². The number of nitrogens with zero attached hydrogens (tertiary/aromatic N) is 1. The predicted molar refractivity (Wildman–Crippen MR) is 75.7 cm³/mol. The minimum atomic E-state index is -0.937. The molecule has 0 bridgehead atoms. The molecule has 1 aliphatic heterocycles. The molecule has 1 atom stereocenters. The Kier molecular flexibility index (Phi) is 3.23. The van der Waals surface area contributed by atoms with Crippen LogP contribution in [0, 0.1) is 11.7 Å². The van der Waals surface area contributed by atoms with Gasteiger partial charge in [0.05, 0.1) is 0 Å². The standard InChI is InChI=1S/C16H19FN2O2/c1-16(2)15(21)19(9-11-5-3-4-6-12(11)17)13(10-7-8-10)14(20)18-16/h3-6,10,13H,7-9H2,1-2H3,(H,18,20). The third-order valence-corrected chi connectivity index (χ3v) is 4.20. The third-order valence-electron chi connectivity index (χ3n) is 4.20. The first-order valence-corrected chi connectivity index (χ1v) is 7.26. The van der Waals surface area contributed by atoms with Crippen LogP contribution >= 0.6 is 0 Å². The van der Waals surface area contributed by atoms with Gasteiger partial charge < -0.3 is 10.2 Å². The van der Waals surface area contributed by atoms with Crippen molar-refractivity contribution in [1.29, 1.82) is 0 Å². The maximum Gasteiger partial charge on any atom is 0.248 e. The van der Waals surface area contributed by atoms with E-state index in [1.807, 2.05) is 0 Å². The maximum absolute atomic E-state index is 13.9. The smallest absolute Gasteiger partial charge is 0.248 e. The van der Waals surface area contributed by atoms with E-state index in [1.54, 1.807) is 36.9 Å². The van der Waals surface area contributed by atoms with Crippen LogP contribution in [0.4, 0.5) is 4.39 Å². The number of halogens is 1. The van der Waals surface area contributed by atoms with E-state index in [2.05, 4.69) is 5.32 Å². The molecule has 1 heterocycles. The average Bonchev–Trinajstić information content (AvgIpc) is 3.22. The molecule has 1 saturated heterocycles. The van der Waals surface area contributed by atoms with Crippen molar-refractivity contribution in [3.8, 4) is 0 Å². The normalized spacial score (nSPS) is 24.9. The molecule has 2 aliphatic rings. The van der Waals surface area contributed by atoms with Crippen molar-refractivity contribution in [2.45, 2.75) is 44.8 Å². The molecule has 1 aromatic carbocycles. The fourth-order valence-corrected chi connectivity index (χ4v) is 2.92. The lowest BCUT2D eigenvalue weighted by Crippen LogP contribution is -2.68. The summed E-state index contributed by atoms with van der Waals surface area (Å²) in [5.74, 6) is -0.416. The highest BCUT2D eigenvalue weighted by Gasteiger charge is 2.50. The maximum atomic E-state index is 13.9. The van der Waals surface area contributed by atoms with E-state index >= 15 is 0 Å². The van der Waals surface area contributed by atoms with E-state index in [-0.39, 0.29) is 30.1 Å². The number of benzene rings is 1. The van der Waals surface area contributed by atoms with Crippen molar-refractivity contribution < 1.29 is 14.0 Å². The summed E-state index contributed by atoms with van der Waals surface area (Å²) in [6, 6.07) is 5.92. The largest absolute Gasteiger partial charge is 0.340 e. The summed E-state index contributed by atoms with van der Waals surface area (Å²) in [5.41, 5.74) is -0.490. The number of carbonyl (C=O) groups excluding carboxylic acids is 2. The van der Waals surface area contributed by atoms with Gasteiger partial charge in [0.15, 0.2) is 0 Å². The lowest BCUT2D eigenvalue weighted by atomic mass is 9.94. The van der Waals surface area contributed by atoms with Gasteiger partial charge >= 0.3 is 0 Å². The lowest BCUT2D eigenvalue weighted by Gasteiger charge is -2.43. The van der Waals surface area contributed by atoms with Crippen LogP contribution in [0.15, 0.2) is 24.3 Å². The van der Waals surface area contributed by atoms with Crippen LogP contribution in [-0.4, -0.2) is 28.3 Å². The van der Waals surface area contributed by atoms with E-state index in [9.17, 15) is 14.0 Å². The highest BCUT2D eigenvalue weighted by molar-refractivity contribution is 5.99. The van der Waals surface area contributed by atoms with Crippen molar-refractivity contribution in [2.24, 2.45) is 5.92 Å². The Balaban J connectivity index is 1.93. The number of hydrogen-bond donors (Lipinski definition) is 1. The summed E-state index contributed by atoms with van der Waals surface area (Å²) in [6.45, 7) is 3.51. The van der Waals surface area contributed by atoms with Crippen LogP contribution in [0.1, 0.15) is 32.3 Å². The first-order chi connectivity index (χ1) is 9.90. The summed E-state index contributed by atoms with van der Waals surface area (Å²) >= 11 is 0. The number of nitrogens with one attached hydrogen (secondary N) is 1. The zero-order chi connectivity index (χ0) is 15.2. The molecule has 21 heavy (non-hydrogen) atoms. The monoisotopic (exact) mass is 290 g/mol. The number of amides is 2. The first kappa shape index (κ1) is 14.0. The molecule has 2 fully saturated rings. The van der Waals surface area contributed by atoms with E-state index in [0.717, 1.165) is 12.8 Å². The molecule has 4 nitrogen and oxygen atoms in total. The molecule has 2 amide bonds. The Morgan fingerprint density at radius 1 is 1.29 bits per heavy atom. The quantitative estimate of drug-likeness (QED) is 0.923. The van der Waals surface area contributed by atoms with Gasteiger partial charge in [0.25, 0.3) is 0 Å². The van der Waals surface area contributed by atoms with Crippen molar-refractivity contribution in [1.82, 2.24) is 10.2 Å². The summed E-state index contributed by atoms with van der Waals surface area (Å²) < 4.78 is 13.9. The lowest BCUT2D eigenvalue weighted by molar-refractivity contribution is -0.155. The van der Waals surface area contributed by atoms with Gasteiger partial charge in [-0.05, 0) is 38.7 Å². The SMILES string of the molecule is CC1(C)NC(=O)C(C2CC2)N(Cc2ccccc2F)C1=O. The molecule has 0 radical (unpaired) electrons. The Labute approximate surface area is 123 Å². The van der Waals surface area contributed by atoms with Gasteiger partial charge in [0.2, 0.25) is 11.8 Å². The molecule has 3 rings (SSSR count). The van der Waals surface area contributed by atoms with Crippen molar-refractivity contribution >= 4 is 11.8 Å². The van der Waals surface area contributed by atoms with Crippen molar-refractivity contribution in [3.05, 3.63) is 35.6 Å². The minimum absolute atomic E-state index is 0.126. The van der Waals surface area contributed by atoms with Crippen LogP contribution in [-0.2, 0) is 16.1 Å². The number of carbonyl (C=O) groups is 2. The zero-order valence-electron chi connectivity index (χ0n) is 12.2. The van der Waals surface area contributed by atoms with Gasteiger partial charge in [-0.15, -0.1) is 0 Å². The van der Waals surface area contributed by atoms with Gasteiger partial charge in [-0.3, -0.25) is 9.59 Å². The fraction of sp³-hybridized carbons (Fsp3) is 0.500. The molecule has 1 unspecified atom stereocenters. The molecular formula is C16H19FN2O2. The Hall–Kier alpha value is -1.91. The Morgan fingerprint density at radius 3 is 2.57 bits per heavy atom.